The van der Waals surface area contributed by atoms with E-state index in [1.165, 1.54) is 0 Å². The Balaban J connectivity index is 2.29. The van der Waals surface area contributed by atoms with Gasteiger partial charge in [-0.1, -0.05) is 45.0 Å². The monoisotopic (exact) mass is 309 g/mol. The van der Waals surface area contributed by atoms with Crippen LogP contribution in [0.3, 0.4) is 0 Å². The topological polar surface area (TPSA) is 22.0 Å². The summed E-state index contributed by atoms with van der Waals surface area (Å²) in [6.45, 7) is 6.37. The van der Waals surface area contributed by atoms with Crippen LogP contribution in [0.2, 0.25) is 0 Å². The Morgan fingerprint density at radius 3 is 1.95 bits per heavy atom. The second-order valence-corrected chi connectivity index (χ2v) is 6.33. The van der Waals surface area contributed by atoms with Crippen molar-refractivity contribution in [1.82, 2.24) is 4.57 Å². The van der Waals surface area contributed by atoms with Crippen LogP contribution in [0.15, 0.2) is 47.4 Å². The predicted octanol–water partition coefficient (Wildman–Crippen LogP) is 4.21. The fourth-order valence-electron chi connectivity index (χ4n) is 2.13. The molecule has 0 spiro atoms. The maximum absolute atomic E-state index is 12.7. The summed E-state index contributed by atoms with van der Waals surface area (Å²) in [5, 5.41) is 0. The Kier molecular flexibility index (Phi) is 4.18. The lowest BCUT2D eigenvalue weighted by Gasteiger charge is -2.19. The van der Waals surface area contributed by atoms with E-state index in [0.29, 0.717) is 0 Å². The molecular weight excluding hydrogens is 291 g/mol. The number of halogens is 3. The van der Waals surface area contributed by atoms with Crippen LogP contribution >= 0.6 is 0 Å². The lowest BCUT2D eigenvalue weighted by molar-refractivity contribution is -0.138. The third-order valence-electron chi connectivity index (χ3n) is 3.48. The molecule has 22 heavy (non-hydrogen) atoms. The van der Waals surface area contributed by atoms with Crippen LogP contribution in [0.5, 0.6) is 0 Å². The van der Waals surface area contributed by atoms with Gasteiger partial charge in [0.15, 0.2) is 0 Å². The van der Waals surface area contributed by atoms with Crippen molar-refractivity contribution >= 4 is 0 Å². The lowest BCUT2D eigenvalue weighted by Crippen LogP contribution is -2.22. The van der Waals surface area contributed by atoms with Crippen molar-refractivity contribution in [3.8, 4) is 0 Å². The summed E-state index contributed by atoms with van der Waals surface area (Å²) in [6.07, 6.45) is -3.59. The minimum Gasteiger partial charge on any atom is -0.311 e. The average molecular weight is 309 g/mol. The first-order valence-corrected chi connectivity index (χ1v) is 6.94. The number of benzene rings is 1. The van der Waals surface area contributed by atoms with Gasteiger partial charge in [-0.25, -0.2) is 0 Å². The summed E-state index contributed by atoms with van der Waals surface area (Å²) in [4.78, 5) is 11.7. The van der Waals surface area contributed by atoms with E-state index in [9.17, 15) is 18.0 Å². The average Bonchev–Trinajstić information content (AvgIpc) is 2.39. The van der Waals surface area contributed by atoms with Gasteiger partial charge in [-0.2, -0.15) is 13.2 Å². The number of aromatic nitrogens is 1. The van der Waals surface area contributed by atoms with Gasteiger partial charge < -0.3 is 4.57 Å². The molecule has 0 saturated carbocycles. The highest BCUT2D eigenvalue weighted by molar-refractivity contribution is 5.28. The summed E-state index contributed by atoms with van der Waals surface area (Å²) < 4.78 is 39.2. The van der Waals surface area contributed by atoms with Gasteiger partial charge in [0, 0.05) is 12.3 Å². The Morgan fingerprint density at radius 2 is 1.45 bits per heavy atom. The van der Waals surface area contributed by atoms with Crippen LogP contribution in [-0.2, 0) is 18.1 Å². The van der Waals surface area contributed by atoms with Crippen molar-refractivity contribution in [2.45, 2.75) is 38.9 Å². The minimum absolute atomic E-state index is 0.00552. The van der Waals surface area contributed by atoms with Crippen molar-refractivity contribution in [3.05, 3.63) is 69.6 Å². The van der Waals surface area contributed by atoms with Crippen LogP contribution in [0.1, 0.15) is 37.5 Å². The normalized spacial score (nSPS) is 12.5. The smallest absolute Gasteiger partial charge is 0.311 e. The maximum atomic E-state index is 12.7. The van der Waals surface area contributed by atoms with Gasteiger partial charge >= 0.3 is 6.18 Å². The van der Waals surface area contributed by atoms with Crippen LogP contribution in [0, 0.1) is 0 Å². The molecule has 0 unspecified atom stereocenters. The molecule has 0 saturated heterocycles. The third-order valence-corrected chi connectivity index (χ3v) is 3.48. The Hall–Kier alpha value is -2.04. The van der Waals surface area contributed by atoms with E-state index in [1.54, 1.807) is 0 Å². The Labute approximate surface area is 127 Å². The van der Waals surface area contributed by atoms with Crippen molar-refractivity contribution in [3.63, 3.8) is 0 Å². The second-order valence-electron chi connectivity index (χ2n) is 6.33. The molecule has 0 atom stereocenters. The van der Waals surface area contributed by atoms with Gasteiger partial charge in [-0.3, -0.25) is 4.79 Å². The third kappa shape index (κ3) is 3.78. The van der Waals surface area contributed by atoms with Crippen LogP contribution < -0.4 is 5.56 Å². The van der Waals surface area contributed by atoms with Gasteiger partial charge in [-0.15, -0.1) is 0 Å². The molecule has 0 radical (unpaired) electrons. The van der Waals surface area contributed by atoms with E-state index in [-0.39, 0.29) is 12.0 Å². The zero-order chi connectivity index (χ0) is 16.5. The summed E-state index contributed by atoms with van der Waals surface area (Å²) in [5.74, 6) is 0. The molecule has 118 valence electrons. The first-order chi connectivity index (χ1) is 10.1. The molecule has 2 rings (SSSR count). The second kappa shape index (κ2) is 5.63. The zero-order valence-electron chi connectivity index (χ0n) is 12.7. The van der Waals surface area contributed by atoms with Crippen molar-refractivity contribution in [1.29, 1.82) is 0 Å². The molecule has 1 aromatic heterocycles. The first kappa shape index (κ1) is 16.3. The lowest BCUT2D eigenvalue weighted by atomic mass is 9.87. The molecule has 2 nitrogen and oxygen atoms in total. The fourth-order valence-corrected chi connectivity index (χ4v) is 2.13. The zero-order valence-corrected chi connectivity index (χ0v) is 12.7. The summed E-state index contributed by atoms with van der Waals surface area (Å²) in [7, 11) is 0. The van der Waals surface area contributed by atoms with E-state index in [0.717, 1.165) is 34.0 Å². The van der Waals surface area contributed by atoms with E-state index in [4.69, 9.17) is 0 Å². The van der Waals surface area contributed by atoms with E-state index >= 15 is 0 Å². The summed E-state index contributed by atoms with van der Waals surface area (Å²) in [5.41, 5.74) is 0.652. The number of rotatable bonds is 2. The molecule has 1 heterocycles. The molecule has 2 aromatic rings. The predicted molar refractivity (Wildman–Crippen MR) is 79.9 cm³/mol. The molecule has 5 heteroatoms. The van der Waals surface area contributed by atoms with Crippen molar-refractivity contribution in [2.75, 3.05) is 0 Å². The molecule has 0 amide bonds. The Morgan fingerprint density at radius 1 is 0.909 bits per heavy atom. The molecule has 1 aromatic carbocycles. The quantitative estimate of drug-likeness (QED) is 0.814. The Bertz CT molecular complexity index is 706. The standard InChI is InChI=1S/C17H18F3NO/c1-16(2,3)13-6-4-12(5-7-13)10-21-11-14(17(18,19)20)8-9-15(21)22/h4-9,11H,10H2,1-3H3. The van der Waals surface area contributed by atoms with Crippen LogP contribution in [-0.4, -0.2) is 4.57 Å². The van der Waals surface area contributed by atoms with Crippen LogP contribution in [0.25, 0.3) is 0 Å². The highest BCUT2D eigenvalue weighted by Gasteiger charge is 2.31. The SMILES string of the molecule is CC(C)(C)c1ccc(Cn2cc(C(F)(F)F)ccc2=O)cc1. The van der Waals surface area contributed by atoms with E-state index in [2.05, 4.69) is 20.8 Å². The van der Waals surface area contributed by atoms with E-state index < -0.39 is 17.3 Å². The molecule has 0 aliphatic heterocycles. The van der Waals surface area contributed by atoms with Gasteiger partial charge in [-0.05, 0) is 22.6 Å². The molecule has 0 bridgehead atoms. The molecule has 0 aliphatic carbocycles. The number of pyridine rings is 1. The van der Waals surface area contributed by atoms with Crippen molar-refractivity contribution in [2.24, 2.45) is 0 Å². The van der Waals surface area contributed by atoms with Crippen molar-refractivity contribution < 1.29 is 13.2 Å². The molecule has 0 fully saturated rings. The number of alkyl halides is 3. The summed E-state index contributed by atoms with van der Waals surface area (Å²) >= 11 is 0. The van der Waals surface area contributed by atoms with Crippen LogP contribution in [0.4, 0.5) is 13.2 Å². The maximum Gasteiger partial charge on any atom is 0.417 e. The molecule has 0 aliphatic rings. The van der Waals surface area contributed by atoms with Gasteiger partial charge in [0.2, 0.25) is 0 Å². The fraction of sp³-hybridized carbons (Fsp3) is 0.353. The number of nitrogens with zero attached hydrogens (tertiary/aromatic N) is 1. The first-order valence-electron chi connectivity index (χ1n) is 6.94. The molecule has 0 N–H and O–H groups in total. The minimum atomic E-state index is -4.45. The summed E-state index contributed by atoms with van der Waals surface area (Å²) in [6, 6.07) is 9.32. The van der Waals surface area contributed by atoms with Gasteiger partial charge in [0.05, 0.1) is 12.1 Å². The number of hydrogen-bond donors (Lipinski definition) is 0. The highest BCUT2D eigenvalue weighted by atomic mass is 19.4. The van der Waals surface area contributed by atoms with Gasteiger partial charge in [0.25, 0.3) is 5.56 Å². The largest absolute Gasteiger partial charge is 0.417 e. The number of hydrogen-bond acceptors (Lipinski definition) is 1. The van der Waals surface area contributed by atoms with Gasteiger partial charge in [0.1, 0.15) is 0 Å². The highest BCUT2D eigenvalue weighted by Crippen LogP contribution is 2.28. The van der Waals surface area contributed by atoms with E-state index in [1.807, 2.05) is 24.3 Å². The molecular formula is C17H18F3NO.